The molecule has 0 fully saturated rings. The van der Waals surface area contributed by atoms with Gasteiger partial charge >= 0.3 is 11.9 Å². The van der Waals surface area contributed by atoms with Gasteiger partial charge in [-0.3, -0.25) is 0 Å². The Morgan fingerprint density at radius 2 is 0.658 bits per heavy atom. The number of esters is 2. The summed E-state index contributed by atoms with van der Waals surface area (Å²) >= 11 is 0. The fraction of sp³-hybridized carbons (Fsp3) is 0.933. The second-order valence-corrected chi connectivity index (χ2v) is 24.6. The van der Waals surface area contributed by atoms with Crippen molar-refractivity contribution in [2.75, 3.05) is 13.2 Å². The molecular formula is C30H62O6Si2. The van der Waals surface area contributed by atoms with Crippen LogP contribution in [-0.2, 0) is 27.9 Å². The van der Waals surface area contributed by atoms with Gasteiger partial charge in [-0.05, 0) is 45.1 Å². The fourth-order valence-corrected chi connectivity index (χ4v) is 17.3. The van der Waals surface area contributed by atoms with Gasteiger partial charge in [0, 0.05) is 0 Å². The van der Waals surface area contributed by atoms with E-state index in [1.807, 2.05) is 27.7 Å². The Morgan fingerprint density at radius 3 is 0.816 bits per heavy atom. The molecule has 0 N–H and O–H groups in total. The van der Waals surface area contributed by atoms with Gasteiger partial charge in [-0.1, -0.05) is 111 Å². The summed E-state index contributed by atoms with van der Waals surface area (Å²) in [6, 6.07) is 0. The van der Waals surface area contributed by atoms with Crippen molar-refractivity contribution in [1.29, 1.82) is 0 Å². The van der Waals surface area contributed by atoms with Gasteiger partial charge < -0.3 is 18.3 Å². The molecule has 0 aliphatic rings. The maximum atomic E-state index is 13.9. The van der Waals surface area contributed by atoms with Crippen molar-refractivity contribution < 1.29 is 27.9 Å². The van der Waals surface area contributed by atoms with Gasteiger partial charge in [0.1, 0.15) is 0 Å². The van der Waals surface area contributed by atoms with Crippen LogP contribution in [0.25, 0.3) is 0 Å². The molecule has 0 aromatic heterocycles. The van der Waals surface area contributed by atoms with E-state index in [4.69, 9.17) is 18.3 Å². The van der Waals surface area contributed by atoms with E-state index in [1.165, 1.54) is 0 Å². The fourth-order valence-electron chi connectivity index (χ4n) is 6.39. The highest BCUT2D eigenvalue weighted by Crippen LogP contribution is 2.46. The number of rotatable bonds is 17. The first-order chi connectivity index (χ1) is 17.3. The molecule has 0 aliphatic carbocycles. The van der Waals surface area contributed by atoms with Crippen molar-refractivity contribution in [3.05, 3.63) is 0 Å². The maximum Gasteiger partial charge on any atom is 0.337 e. The van der Waals surface area contributed by atoms with Gasteiger partial charge in [0.2, 0.25) is 16.6 Å². The third-order valence-corrected chi connectivity index (χ3v) is 20.1. The topological polar surface area (TPSA) is 71.1 Å². The maximum absolute atomic E-state index is 13.9. The largest absolute Gasteiger partial charge is 0.463 e. The second kappa shape index (κ2) is 15.9. The highest BCUT2D eigenvalue weighted by molar-refractivity contribution is 6.78. The standard InChI is InChI=1S/C30H62O6Si2/c1-19(2)17-33-29(31)27(35-37(21(5)6,22(7)8)23(9)10)28(30(32)34-18-20(3)4)36-38(24(11)12,25(13)14)26(15)16/h19-28H,17-18H2,1-16H3. The van der Waals surface area contributed by atoms with E-state index >= 15 is 0 Å². The van der Waals surface area contributed by atoms with E-state index in [2.05, 4.69) is 83.1 Å². The van der Waals surface area contributed by atoms with Crippen molar-refractivity contribution in [2.45, 2.75) is 156 Å². The molecule has 0 saturated carbocycles. The van der Waals surface area contributed by atoms with Crippen LogP contribution in [0.3, 0.4) is 0 Å². The van der Waals surface area contributed by atoms with Crippen molar-refractivity contribution in [3.63, 3.8) is 0 Å². The average Bonchev–Trinajstić information content (AvgIpc) is 2.76. The molecule has 0 aromatic carbocycles. The summed E-state index contributed by atoms with van der Waals surface area (Å²) in [4.78, 5) is 27.8. The van der Waals surface area contributed by atoms with E-state index in [1.54, 1.807) is 0 Å². The van der Waals surface area contributed by atoms with Crippen molar-refractivity contribution >= 4 is 28.6 Å². The molecule has 226 valence electrons. The Bertz CT molecular complexity index is 612. The molecule has 8 heteroatoms. The summed E-state index contributed by atoms with van der Waals surface area (Å²) in [7, 11) is -5.19. The molecule has 0 bridgehead atoms. The van der Waals surface area contributed by atoms with Crippen LogP contribution >= 0.6 is 0 Å². The quantitative estimate of drug-likeness (QED) is 0.128. The Kier molecular flexibility index (Phi) is 15.6. The van der Waals surface area contributed by atoms with E-state index in [-0.39, 0.29) is 58.3 Å². The Balaban J connectivity index is 7.15. The molecular weight excluding hydrogens is 512 g/mol. The molecule has 0 heterocycles. The first-order valence-electron chi connectivity index (χ1n) is 15.0. The SMILES string of the molecule is CC(C)COC(=O)C(O[Si](C(C)C)(C(C)C)C(C)C)C(O[Si](C(C)C)(C(C)C)C(C)C)C(=O)OCC(C)C. The summed E-state index contributed by atoms with van der Waals surface area (Å²) in [5, 5.41) is 0. The number of hydrogen-bond donors (Lipinski definition) is 0. The smallest absolute Gasteiger partial charge is 0.337 e. The number of hydrogen-bond acceptors (Lipinski definition) is 6. The molecule has 2 unspecified atom stereocenters. The van der Waals surface area contributed by atoms with Gasteiger partial charge in [-0.15, -0.1) is 0 Å². The lowest BCUT2D eigenvalue weighted by molar-refractivity contribution is -0.172. The van der Waals surface area contributed by atoms with E-state index in [9.17, 15) is 9.59 Å². The zero-order valence-corrected chi connectivity index (χ0v) is 29.6. The summed E-state index contributed by atoms with van der Waals surface area (Å²) in [5.74, 6) is -0.736. The van der Waals surface area contributed by atoms with Gasteiger partial charge in [-0.2, -0.15) is 0 Å². The lowest BCUT2D eigenvalue weighted by atomic mass is 10.2. The van der Waals surface area contributed by atoms with Gasteiger partial charge in [0.05, 0.1) is 13.2 Å². The third kappa shape index (κ3) is 9.17. The Morgan fingerprint density at radius 1 is 0.447 bits per heavy atom. The molecule has 0 amide bonds. The molecule has 0 spiro atoms. The Labute approximate surface area is 237 Å². The molecule has 0 aromatic rings. The molecule has 0 aliphatic heterocycles. The predicted molar refractivity (Wildman–Crippen MR) is 163 cm³/mol. The lowest BCUT2D eigenvalue weighted by Gasteiger charge is -2.48. The van der Waals surface area contributed by atoms with E-state index < -0.39 is 40.8 Å². The van der Waals surface area contributed by atoms with Crippen LogP contribution < -0.4 is 0 Å². The third-order valence-electron chi connectivity index (χ3n) is 7.93. The van der Waals surface area contributed by atoms with Gasteiger partial charge in [0.15, 0.2) is 12.2 Å². The van der Waals surface area contributed by atoms with Crippen LogP contribution in [0, 0.1) is 11.8 Å². The molecule has 0 radical (unpaired) electrons. The summed E-state index contributed by atoms with van der Waals surface area (Å²) in [6.45, 7) is 34.6. The van der Waals surface area contributed by atoms with Crippen LogP contribution in [0.5, 0.6) is 0 Å². The minimum absolute atomic E-state index is 0.157. The zero-order valence-electron chi connectivity index (χ0n) is 27.6. The highest BCUT2D eigenvalue weighted by Gasteiger charge is 2.55. The van der Waals surface area contributed by atoms with Crippen LogP contribution in [0.4, 0.5) is 0 Å². The minimum Gasteiger partial charge on any atom is -0.463 e. The summed E-state index contributed by atoms with van der Waals surface area (Å²) in [5.41, 5.74) is 1.32. The van der Waals surface area contributed by atoms with E-state index in [0.29, 0.717) is 0 Å². The van der Waals surface area contributed by atoms with Crippen molar-refractivity contribution in [3.8, 4) is 0 Å². The minimum atomic E-state index is -2.59. The normalized spacial score (nSPS) is 15.1. The van der Waals surface area contributed by atoms with Gasteiger partial charge in [-0.25, -0.2) is 9.59 Å². The van der Waals surface area contributed by atoms with E-state index in [0.717, 1.165) is 0 Å². The monoisotopic (exact) mass is 574 g/mol. The van der Waals surface area contributed by atoms with Crippen molar-refractivity contribution in [2.24, 2.45) is 11.8 Å². The lowest BCUT2D eigenvalue weighted by Crippen LogP contribution is -2.60. The van der Waals surface area contributed by atoms with Crippen LogP contribution in [0.15, 0.2) is 0 Å². The zero-order chi connectivity index (χ0) is 30.2. The second-order valence-electron chi connectivity index (χ2n) is 13.8. The highest BCUT2D eigenvalue weighted by atomic mass is 28.4. The van der Waals surface area contributed by atoms with Crippen LogP contribution in [-0.4, -0.2) is 54.0 Å². The molecule has 2 atom stereocenters. The summed E-state index contributed by atoms with van der Waals surface area (Å²) < 4.78 is 25.7. The van der Waals surface area contributed by atoms with Gasteiger partial charge in [0.25, 0.3) is 0 Å². The average molecular weight is 575 g/mol. The van der Waals surface area contributed by atoms with Crippen LogP contribution in [0.2, 0.25) is 33.2 Å². The summed E-state index contributed by atoms with van der Waals surface area (Å²) in [6.07, 6.45) is -2.34. The molecule has 6 nitrogen and oxygen atoms in total. The molecule has 0 saturated heterocycles. The Hall–Kier alpha value is -0.706. The number of carbonyl (C=O) groups is 2. The number of ether oxygens (including phenoxy) is 2. The van der Waals surface area contributed by atoms with Crippen molar-refractivity contribution in [1.82, 2.24) is 0 Å². The number of carbonyl (C=O) groups excluding carboxylic acids is 2. The molecule has 38 heavy (non-hydrogen) atoms. The molecule has 0 rings (SSSR count). The first kappa shape index (κ1) is 37.3. The predicted octanol–water partition coefficient (Wildman–Crippen LogP) is 8.51. The van der Waals surface area contributed by atoms with Crippen LogP contribution in [0.1, 0.15) is 111 Å². The first-order valence-corrected chi connectivity index (χ1v) is 19.3.